The van der Waals surface area contributed by atoms with Crippen LogP contribution >= 0.6 is 0 Å². The maximum atomic E-state index is 11.0. The van der Waals surface area contributed by atoms with E-state index in [0.717, 1.165) is 30.4 Å². The van der Waals surface area contributed by atoms with Crippen LogP contribution in [0.4, 0.5) is 0 Å². The molecule has 2 aromatic carbocycles. The Morgan fingerprint density at radius 2 is 1.78 bits per heavy atom. The van der Waals surface area contributed by atoms with Crippen LogP contribution in [-0.4, -0.2) is 5.11 Å². The summed E-state index contributed by atoms with van der Waals surface area (Å²) in [5.74, 6) is 0. The minimum Gasteiger partial charge on any atom is -0.380 e. The third-order valence-corrected chi connectivity index (χ3v) is 4.06. The van der Waals surface area contributed by atoms with Crippen molar-refractivity contribution in [3.05, 3.63) is 70.8 Å². The molecule has 0 fully saturated rings. The first-order valence-electron chi connectivity index (χ1n) is 6.64. The van der Waals surface area contributed by atoms with Crippen LogP contribution in [0.5, 0.6) is 0 Å². The second kappa shape index (κ2) is 4.25. The molecule has 1 atom stereocenters. The SMILES string of the molecule is CCc1ccc(C2(O)CCc3ccccc32)cc1. The van der Waals surface area contributed by atoms with Crippen molar-refractivity contribution < 1.29 is 5.11 Å². The smallest absolute Gasteiger partial charge is 0.115 e. The van der Waals surface area contributed by atoms with E-state index >= 15 is 0 Å². The normalized spacial score (nSPS) is 21.9. The molecule has 2 aromatic rings. The van der Waals surface area contributed by atoms with Crippen LogP contribution < -0.4 is 0 Å². The molecule has 1 aliphatic carbocycles. The number of fused-ring (bicyclic) bond motifs is 1. The van der Waals surface area contributed by atoms with Crippen molar-refractivity contribution in [1.29, 1.82) is 0 Å². The second-order valence-corrected chi connectivity index (χ2v) is 5.07. The van der Waals surface area contributed by atoms with Crippen molar-refractivity contribution in [3.63, 3.8) is 0 Å². The summed E-state index contributed by atoms with van der Waals surface area (Å²) >= 11 is 0. The van der Waals surface area contributed by atoms with E-state index in [0.29, 0.717) is 0 Å². The Kier molecular flexibility index (Phi) is 2.71. The van der Waals surface area contributed by atoms with Gasteiger partial charge < -0.3 is 5.11 Å². The molecule has 1 aliphatic rings. The number of hydrogen-bond acceptors (Lipinski definition) is 1. The van der Waals surface area contributed by atoms with Crippen molar-refractivity contribution in [2.45, 2.75) is 31.8 Å². The predicted molar refractivity (Wildman–Crippen MR) is 73.6 cm³/mol. The summed E-state index contributed by atoms with van der Waals surface area (Å²) in [6.07, 6.45) is 2.79. The first kappa shape index (κ1) is 11.5. The Bertz CT molecular complexity index is 556. The first-order valence-corrected chi connectivity index (χ1v) is 6.64. The quantitative estimate of drug-likeness (QED) is 0.849. The lowest BCUT2D eigenvalue weighted by atomic mass is 9.87. The van der Waals surface area contributed by atoms with E-state index in [1.54, 1.807) is 0 Å². The van der Waals surface area contributed by atoms with E-state index in [-0.39, 0.29) is 0 Å². The molecule has 1 unspecified atom stereocenters. The van der Waals surface area contributed by atoms with Gasteiger partial charge in [0.25, 0.3) is 0 Å². The van der Waals surface area contributed by atoms with Crippen LogP contribution in [0.25, 0.3) is 0 Å². The van der Waals surface area contributed by atoms with Crippen LogP contribution in [0.3, 0.4) is 0 Å². The fourth-order valence-corrected chi connectivity index (χ4v) is 2.91. The molecule has 0 saturated heterocycles. The Hall–Kier alpha value is -1.60. The van der Waals surface area contributed by atoms with Crippen LogP contribution in [-0.2, 0) is 18.4 Å². The molecular formula is C17H18O. The number of aryl methyl sites for hydroxylation is 2. The van der Waals surface area contributed by atoms with Crippen molar-refractivity contribution in [2.24, 2.45) is 0 Å². The molecular weight excluding hydrogens is 220 g/mol. The van der Waals surface area contributed by atoms with Gasteiger partial charge in [-0.05, 0) is 41.5 Å². The number of benzene rings is 2. The fourth-order valence-electron chi connectivity index (χ4n) is 2.91. The fraction of sp³-hybridized carbons (Fsp3) is 0.294. The Labute approximate surface area is 108 Å². The highest BCUT2D eigenvalue weighted by atomic mass is 16.3. The van der Waals surface area contributed by atoms with E-state index in [2.05, 4.69) is 43.3 Å². The van der Waals surface area contributed by atoms with Gasteiger partial charge in [-0.15, -0.1) is 0 Å². The second-order valence-electron chi connectivity index (χ2n) is 5.07. The summed E-state index contributed by atoms with van der Waals surface area (Å²) in [5, 5.41) is 11.0. The van der Waals surface area contributed by atoms with Crippen molar-refractivity contribution >= 4 is 0 Å². The van der Waals surface area contributed by atoms with Gasteiger partial charge in [-0.1, -0.05) is 55.5 Å². The Balaban J connectivity index is 2.05. The number of rotatable bonds is 2. The van der Waals surface area contributed by atoms with Gasteiger partial charge in [0.15, 0.2) is 0 Å². The van der Waals surface area contributed by atoms with Gasteiger partial charge in [0.05, 0.1) is 0 Å². The van der Waals surface area contributed by atoms with Gasteiger partial charge in [-0.2, -0.15) is 0 Å². The average molecular weight is 238 g/mol. The zero-order valence-electron chi connectivity index (χ0n) is 10.7. The molecule has 0 spiro atoms. The zero-order valence-corrected chi connectivity index (χ0v) is 10.7. The molecule has 92 valence electrons. The van der Waals surface area contributed by atoms with Gasteiger partial charge >= 0.3 is 0 Å². The highest BCUT2D eigenvalue weighted by Gasteiger charge is 2.37. The molecule has 1 N–H and O–H groups in total. The van der Waals surface area contributed by atoms with E-state index in [1.165, 1.54) is 11.1 Å². The van der Waals surface area contributed by atoms with E-state index in [4.69, 9.17) is 0 Å². The first-order chi connectivity index (χ1) is 8.74. The molecule has 0 amide bonds. The summed E-state index contributed by atoms with van der Waals surface area (Å²) in [6, 6.07) is 16.6. The Morgan fingerprint density at radius 1 is 1.06 bits per heavy atom. The summed E-state index contributed by atoms with van der Waals surface area (Å²) < 4.78 is 0. The summed E-state index contributed by atoms with van der Waals surface area (Å²) in [5.41, 5.74) is 3.90. The lowest BCUT2D eigenvalue weighted by Gasteiger charge is -2.25. The lowest BCUT2D eigenvalue weighted by Crippen LogP contribution is -2.23. The molecule has 0 aliphatic heterocycles. The largest absolute Gasteiger partial charge is 0.380 e. The monoisotopic (exact) mass is 238 g/mol. The predicted octanol–water partition coefficient (Wildman–Crippen LogP) is 3.43. The minimum absolute atomic E-state index is 0.789. The third-order valence-electron chi connectivity index (χ3n) is 4.06. The van der Waals surface area contributed by atoms with Crippen molar-refractivity contribution in [3.8, 4) is 0 Å². The highest BCUT2D eigenvalue weighted by Crippen LogP contribution is 2.41. The third kappa shape index (κ3) is 1.67. The number of aliphatic hydroxyl groups is 1. The molecule has 0 heterocycles. The van der Waals surface area contributed by atoms with Gasteiger partial charge in [-0.25, -0.2) is 0 Å². The summed E-state index contributed by atoms with van der Waals surface area (Å²) in [4.78, 5) is 0. The van der Waals surface area contributed by atoms with Crippen LogP contribution in [0.1, 0.15) is 35.6 Å². The molecule has 0 bridgehead atoms. The molecule has 0 radical (unpaired) electrons. The average Bonchev–Trinajstić information content (AvgIpc) is 2.78. The molecule has 1 nitrogen and oxygen atoms in total. The molecule has 0 saturated carbocycles. The topological polar surface area (TPSA) is 20.2 Å². The van der Waals surface area contributed by atoms with Crippen molar-refractivity contribution in [1.82, 2.24) is 0 Å². The minimum atomic E-state index is -0.789. The number of hydrogen-bond donors (Lipinski definition) is 1. The van der Waals surface area contributed by atoms with Crippen LogP contribution in [0.15, 0.2) is 48.5 Å². The van der Waals surface area contributed by atoms with Crippen LogP contribution in [0.2, 0.25) is 0 Å². The van der Waals surface area contributed by atoms with Gasteiger partial charge in [0.1, 0.15) is 5.60 Å². The maximum absolute atomic E-state index is 11.0. The van der Waals surface area contributed by atoms with E-state index in [1.807, 2.05) is 12.1 Å². The zero-order chi connectivity index (χ0) is 12.6. The van der Waals surface area contributed by atoms with Gasteiger partial charge in [0.2, 0.25) is 0 Å². The standard InChI is InChI=1S/C17H18O/c1-2-13-7-9-15(10-8-13)17(18)12-11-14-5-3-4-6-16(14)17/h3-10,18H,2,11-12H2,1H3. The maximum Gasteiger partial charge on any atom is 0.115 e. The van der Waals surface area contributed by atoms with E-state index in [9.17, 15) is 5.11 Å². The lowest BCUT2D eigenvalue weighted by molar-refractivity contribution is 0.0829. The molecule has 18 heavy (non-hydrogen) atoms. The molecule has 0 aromatic heterocycles. The molecule has 1 heteroatoms. The Morgan fingerprint density at radius 3 is 2.50 bits per heavy atom. The summed E-state index contributed by atoms with van der Waals surface area (Å²) in [6.45, 7) is 2.15. The van der Waals surface area contributed by atoms with Gasteiger partial charge in [0, 0.05) is 0 Å². The van der Waals surface area contributed by atoms with E-state index < -0.39 is 5.60 Å². The summed E-state index contributed by atoms with van der Waals surface area (Å²) in [7, 11) is 0. The highest BCUT2D eigenvalue weighted by molar-refractivity contribution is 5.45. The van der Waals surface area contributed by atoms with Crippen LogP contribution in [0, 0.1) is 0 Å². The molecule has 3 rings (SSSR count). The van der Waals surface area contributed by atoms with Crippen molar-refractivity contribution in [2.75, 3.05) is 0 Å². The van der Waals surface area contributed by atoms with Gasteiger partial charge in [-0.3, -0.25) is 0 Å².